The molecule has 1 aliphatic carbocycles. The first kappa shape index (κ1) is 19.9. The van der Waals surface area contributed by atoms with Crippen LogP contribution in [-0.4, -0.2) is 44.1 Å². The maximum absolute atomic E-state index is 12.5. The van der Waals surface area contributed by atoms with E-state index in [9.17, 15) is 9.59 Å². The lowest BCUT2D eigenvalue weighted by Crippen LogP contribution is -2.47. The summed E-state index contributed by atoms with van der Waals surface area (Å²) in [7, 11) is 0. The number of anilines is 1. The summed E-state index contributed by atoms with van der Waals surface area (Å²) in [5.74, 6) is 0.162. The van der Waals surface area contributed by atoms with Crippen molar-refractivity contribution in [2.75, 3.05) is 11.9 Å². The zero-order chi connectivity index (χ0) is 20.3. The van der Waals surface area contributed by atoms with Crippen molar-refractivity contribution in [3.8, 4) is 5.95 Å². The molecule has 150 valence electrons. The first-order valence-corrected chi connectivity index (χ1v) is 9.55. The second kappa shape index (κ2) is 8.47. The summed E-state index contributed by atoms with van der Waals surface area (Å²) in [4.78, 5) is 32.9. The van der Waals surface area contributed by atoms with Gasteiger partial charge in [-0.05, 0) is 39.7 Å². The van der Waals surface area contributed by atoms with Crippen molar-refractivity contribution in [2.45, 2.75) is 52.5 Å². The molecule has 1 saturated carbocycles. The second-order valence-corrected chi connectivity index (χ2v) is 7.36. The summed E-state index contributed by atoms with van der Waals surface area (Å²) in [6.45, 7) is 5.70. The van der Waals surface area contributed by atoms with Crippen LogP contribution in [0.1, 0.15) is 42.8 Å². The van der Waals surface area contributed by atoms with E-state index in [1.165, 1.54) is 4.68 Å². The summed E-state index contributed by atoms with van der Waals surface area (Å²) in [6, 6.07) is 3.58. The molecule has 2 unspecified atom stereocenters. The van der Waals surface area contributed by atoms with Crippen molar-refractivity contribution in [2.24, 2.45) is 11.7 Å². The van der Waals surface area contributed by atoms with E-state index >= 15 is 0 Å². The normalized spacial score (nSPS) is 19.4. The van der Waals surface area contributed by atoms with E-state index in [0.717, 1.165) is 42.8 Å². The van der Waals surface area contributed by atoms with Gasteiger partial charge in [0.1, 0.15) is 5.82 Å². The van der Waals surface area contributed by atoms with E-state index in [2.05, 4.69) is 25.7 Å². The first-order chi connectivity index (χ1) is 13.3. The van der Waals surface area contributed by atoms with Gasteiger partial charge in [-0.25, -0.2) is 9.97 Å². The van der Waals surface area contributed by atoms with Crippen LogP contribution in [0.2, 0.25) is 0 Å². The van der Waals surface area contributed by atoms with Crippen LogP contribution in [-0.2, 0) is 9.59 Å². The summed E-state index contributed by atoms with van der Waals surface area (Å²) in [5, 5.41) is 10.4. The molecule has 1 fully saturated rings. The Morgan fingerprint density at radius 3 is 2.46 bits per heavy atom. The molecule has 0 bridgehead atoms. The van der Waals surface area contributed by atoms with Crippen molar-refractivity contribution in [1.82, 2.24) is 25.1 Å². The number of carbonyl (C=O) groups is 2. The highest BCUT2D eigenvalue weighted by molar-refractivity contribution is 5.91. The maximum atomic E-state index is 12.5. The van der Waals surface area contributed by atoms with Crippen molar-refractivity contribution in [3.63, 3.8) is 0 Å². The number of primary amides is 1. The van der Waals surface area contributed by atoms with Gasteiger partial charge in [0.05, 0.1) is 18.2 Å². The number of nitrogens with zero attached hydrogens (tertiary/aromatic N) is 4. The number of amides is 2. The molecule has 2 aromatic rings. The van der Waals surface area contributed by atoms with E-state index < -0.39 is 0 Å². The number of nitrogens with one attached hydrogen (secondary N) is 2. The van der Waals surface area contributed by atoms with E-state index in [0.29, 0.717) is 11.8 Å². The third-order valence-electron chi connectivity index (χ3n) is 4.92. The van der Waals surface area contributed by atoms with Crippen LogP contribution in [0, 0.1) is 26.7 Å². The quantitative estimate of drug-likeness (QED) is 0.685. The fourth-order valence-electron chi connectivity index (χ4n) is 3.67. The van der Waals surface area contributed by atoms with Crippen molar-refractivity contribution >= 4 is 17.6 Å². The standard InChI is InChI=1S/C19H27N7O2/c1-11-8-12(2)23-19(22-11)26-16(9-13(3)25-26)24-17(27)10-21-15-7-5-4-6-14(15)18(20)28/h8-9,14-15,21H,4-7,10H2,1-3H3,(H2,20,28)(H,24,27). The highest BCUT2D eigenvalue weighted by Crippen LogP contribution is 2.24. The van der Waals surface area contributed by atoms with Crippen molar-refractivity contribution in [1.29, 1.82) is 0 Å². The minimum atomic E-state index is -0.307. The Labute approximate surface area is 164 Å². The molecule has 2 aromatic heterocycles. The molecule has 9 nitrogen and oxygen atoms in total. The Morgan fingerprint density at radius 2 is 1.79 bits per heavy atom. The summed E-state index contributed by atoms with van der Waals surface area (Å²) in [5.41, 5.74) is 7.88. The molecule has 9 heteroatoms. The Kier molecular flexibility index (Phi) is 6.03. The fraction of sp³-hybridized carbons (Fsp3) is 0.526. The van der Waals surface area contributed by atoms with Gasteiger partial charge >= 0.3 is 0 Å². The van der Waals surface area contributed by atoms with Crippen molar-refractivity contribution in [3.05, 3.63) is 29.2 Å². The van der Waals surface area contributed by atoms with Gasteiger partial charge in [0, 0.05) is 23.5 Å². The molecule has 3 rings (SSSR count). The van der Waals surface area contributed by atoms with Crippen LogP contribution < -0.4 is 16.4 Å². The van der Waals surface area contributed by atoms with Crippen LogP contribution in [0.5, 0.6) is 0 Å². The highest BCUT2D eigenvalue weighted by Gasteiger charge is 2.29. The van der Waals surface area contributed by atoms with Crippen LogP contribution >= 0.6 is 0 Å². The van der Waals surface area contributed by atoms with Crippen LogP contribution in [0.15, 0.2) is 12.1 Å². The average Bonchev–Trinajstić information content (AvgIpc) is 2.99. The van der Waals surface area contributed by atoms with Crippen LogP contribution in [0.4, 0.5) is 5.82 Å². The molecule has 0 aliphatic heterocycles. The third-order valence-corrected chi connectivity index (χ3v) is 4.92. The molecule has 0 spiro atoms. The Hall–Kier alpha value is -2.81. The Balaban J connectivity index is 1.68. The van der Waals surface area contributed by atoms with Gasteiger partial charge in [-0.3, -0.25) is 9.59 Å². The first-order valence-electron chi connectivity index (χ1n) is 9.55. The molecule has 0 radical (unpaired) electrons. The van der Waals surface area contributed by atoms with E-state index in [4.69, 9.17) is 5.73 Å². The lowest BCUT2D eigenvalue weighted by molar-refractivity contribution is -0.124. The zero-order valence-corrected chi connectivity index (χ0v) is 16.5. The summed E-state index contributed by atoms with van der Waals surface area (Å²) in [6.07, 6.45) is 3.63. The van der Waals surface area contributed by atoms with Gasteiger partial charge < -0.3 is 16.4 Å². The van der Waals surface area contributed by atoms with Gasteiger partial charge in [-0.2, -0.15) is 9.78 Å². The van der Waals surface area contributed by atoms with Gasteiger partial charge in [0.15, 0.2) is 0 Å². The molecule has 2 amide bonds. The second-order valence-electron chi connectivity index (χ2n) is 7.36. The molecular formula is C19H27N7O2. The van der Waals surface area contributed by atoms with Gasteiger partial charge in [0.25, 0.3) is 5.95 Å². The average molecular weight is 385 g/mol. The highest BCUT2D eigenvalue weighted by atomic mass is 16.2. The number of aromatic nitrogens is 4. The van der Waals surface area contributed by atoms with Gasteiger partial charge in [0.2, 0.25) is 11.8 Å². The molecule has 0 aromatic carbocycles. The van der Waals surface area contributed by atoms with E-state index in [-0.39, 0.29) is 30.3 Å². The number of hydrogen-bond donors (Lipinski definition) is 3. The Bertz CT molecular complexity index is 857. The number of aryl methyl sites for hydroxylation is 3. The molecule has 4 N–H and O–H groups in total. The third kappa shape index (κ3) is 4.72. The van der Waals surface area contributed by atoms with Crippen molar-refractivity contribution < 1.29 is 9.59 Å². The fourth-order valence-corrected chi connectivity index (χ4v) is 3.67. The topological polar surface area (TPSA) is 128 Å². The largest absolute Gasteiger partial charge is 0.369 e. The minimum absolute atomic E-state index is 0.0635. The summed E-state index contributed by atoms with van der Waals surface area (Å²) >= 11 is 0. The predicted molar refractivity (Wildman–Crippen MR) is 105 cm³/mol. The zero-order valence-electron chi connectivity index (χ0n) is 16.5. The number of rotatable bonds is 6. The van der Waals surface area contributed by atoms with Crippen LogP contribution in [0.25, 0.3) is 5.95 Å². The molecular weight excluding hydrogens is 358 g/mol. The van der Waals surface area contributed by atoms with Crippen LogP contribution in [0.3, 0.4) is 0 Å². The summed E-state index contributed by atoms with van der Waals surface area (Å²) < 4.78 is 1.53. The number of nitrogens with two attached hydrogens (primary N) is 1. The minimum Gasteiger partial charge on any atom is -0.369 e. The maximum Gasteiger partial charge on any atom is 0.252 e. The molecule has 0 saturated heterocycles. The van der Waals surface area contributed by atoms with E-state index in [1.807, 2.05) is 26.8 Å². The monoisotopic (exact) mass is 385 g/mol. The lowest BCUT2D eigenvalue weighted by Gasteiger charge is -2.29. The number of carbonyl (C=O) groups excluding carboxylic acids is 2. The van der Waals surface area contributed by atoms with Gasteiger partial charge in [-0.15, -0.1) is 0 Å². The molecule has 1 aliphatic rings. The van der Waals surface area contributed by atoms with E-state index in [1.54, 1.807) is 6.07 Å². The number of hydrogen-bond acceptors (Lipinski definition) is 6. The molecule has 2 heterocycles. The predicted octanol–water partition coefficient (Wildman–Crippen LogP) is 1.16. The Morgan fingerprint density at radius 1 is 1.11 bits per heavy atom. The molecule has 2 atom stereocenters. The lowest BCUT2D eigenvalue weighted by atomic mass is 9.84. The molecule has 28 heavy (non-hydrogen) atoms. The SMILES string of the molecule is Cc1cc(C)nc(-n2nc(C)cc2NC(=O)CNC2CCCCC2C(N)=O)n1. The van der Waals surface area contributed by atoms with Gasteiger partial charge in [-0.1, -0.05) is 12.8 Å². The smallest absolute Gasteiger partial charge is 0.252 e.